The molecule has 0 atom stereocenters. The number of rotatable bonds is 39. The lowest BCUT2D eigenvalue weighted by atomic mass is 9.92. The molecule has 0 saturated carbocycles. The number of hydrogen-bond donors (Lipinski definition) is 1. The van der Waals surface area contributed by atoms with E-state index in [0.29, 0.717) is 99.0 Å². The molecule has 0 aliphatic heterocycles. The fourth-order valence-corrected chi connectivity index (χ4v) is 9.66. The molecule has 13 nitrogen and oxygen atoms in total. The van der Waals surface area contributed by atoms with Crippen molar-refractivity contribution in [2.75, 3.05) is 130 Å². The van der Waals surface area contributed by atoms with Crippen LogP contribution in [0.5, 0.6) is 0 Å². The summed E-state index contributed by atoms with van der Waals surface area (Å²) in [7, 11) is 10.0. The summed E-state index contributed by atoms with van der Waals surface area (Å²) in [5, 5.41) is 5.74. The molecule has 3 aromatic rings. The van der Waals surface area contributed by atoms with E-state index >= 15 is 0 Å². The van der Waals surface area contributed by atoms with Gasteiger partial charge in [-0.25, -0.2) is 15.0 Å². The van der Waals surface area contributed by atoms with Gasteiger partial charge in [-0.1, -0.05) is 57.5 Å². The zero-order chi connectivity index (χ0) is 40.9. The summed E-state index contributed by atoms with van der Waals surface area (Å²) < 4.78 is 47.7. The Morgan fingerprint density at radius 2 is 0.879 bits per heavy atom. The molecular weight excluding hydrogens is 861 g/mol. The van der Waals surface area contributed by atoms with Crippen molar-refractivity contribution in [1.29, 1.82) is 0 Å². The minimum atomic E-state index is -0.627. The summed E-state index contributed by atoms with van der Waals surface area (Å²) >= 11 is 0. The van der Waals surface area contributed by atoms with E-state index in [1.807, 2.05) is 61.5 Å². The predicted octanol–water partition coefficient (Wildman–Crippen LogP) is 7.14. The van der Waals surface area contributed by atoms with Gasteiger partial charge in [0, 0.05) is 42.4 Å². The minimum absolute atomic E-state index is 0.00908. The van der Waals surface area contributed by atoms with E-state index in [-0.39, 0.29) is 19.1 Å². The second-order valence-electron chi connectivity index (χ2n) is 12.2. The molecule has 3 heterocycles. The summed E-state index contributed by atoms with van der Waals surface area (Å²) in [5.74, 6) is 2.35. The van der Waals surface area contributed by atoms with Crippen molar-refractivity contribution in [1.82, 2.24) is 20.3 Å². The second-order valence-corrected chi connectivity index (χ2v) is 19.5. The number of nitrogens with zero attached hydrogens (tertiary/aromatic N) is 3. The van der Waals surface area contributed by atoms with Crippen molar-refractivity contribution >= 4 is 70.7 Å². The van der Waals surface area contributed by atoms with Gasteiger partial charge in [-0.15, -0.1) is 0 Å². The molecule has 0 aliphatic rings. The molecule has 0 bridgehead atoms. The van der Waals surface area contributed by atoms with Crippen LogP contribution in [0.3, 0.4) is 0 Å². The average Bonchev–Trinajstić information content (AvgIpc) is 3.26. The number of carbonyl (C=O) groups excluding carboxylic acids is 1. The van der Waals surface area contributed by atoms with Crippen LogP contribution < -0.4 is 5.32 Å². The maximum Gasteiger partial charge on any atom is 0.245 e. The van der Waals surface area contributed by atoms with E-state index in [4.69, 9.17) is 37.9 Å². The van der Waals surface area contributed by atoms with E-state index < -0.39 is 5.41 Å². The molecular formula is C39H58N4O9S6. The summed E-state index contributed by atoms with van der Waals surface area (Å²) in [4.78, 5) is 24.9. The van der Waals surface area contributed by atoms with Crippen LogP contribution >= 0.6 is 64.8 Å². The smallest absolute Gasteiger partial charge is 0.245 e. The Kier molecular flexibility index (Phi) is 32.0. The van der Waals surface area contributed by atoms with Crippen LogP contribution in [0.25, 0.3) is 0 Å². The third-order valence-corrected chi connectivity index (χ3v) is 13.9. The van der Waals surface area contributed by atoms with Crippen molar-refractivity contribution in [3.05, 3.63) is 73.2 Å². The molecule has 1 amide bonds. The van der Waals surface area contributed by atoms with Crippen LogP contribution in [-0.4, -0.2) is 150 Å². The summed E-state index contributed by atoms with van der Waals surface area (Å²) in [5.41, 5.74) is -0.627. The van der Waals surface area contributed by atoms with Crippen molar-refractivity contribution in [2.24, 2.45) is 5.41 Å². The van der Waals surface area contributed by atoms with Crippen molar-refractivity contribution in [2.45, 2.75) is 28.4 Å². The molecule has 0 spiro atoms. The third-order valence-electron chi connectivity index (χ3n) is 7.21. The van der Waals surface area contributed by atoms with Crippen LogP contribution in [0, 0.1) is 5.41 Å². The maximum absolute atomic E-state index is 11.9. The lowest BCUT2D eigenvalue weighted by Gasteiger charge is -2.33. The monoisotopic (exact) mass is 918 g/mol. The van der Waals surface area contributed by atoms with Crippen molar-refractivity contribution < 1.29 is 42.7 Å². The van der Waals surface area contributed by atoms with E-state index in [9.17, 15) is 4.79 Å². The number of carbonyl (C=O) groups is 1. The number of amides is 1. The molecule has 3 rings (SSSR count). The van der Waals surface area contributed by atoms with Crippen molar-refractivity contribution in [3.63, 3.8) is 0 Å². The quantitative estimate of drug-likeness (QED) is 0.0457. The van der Waals surface area contributed by atoms with E-state index in [1.165, 1.54) is 0 Å². The van der Waals surface area contributed by atoms with Gasteiger partial charge in [0.2, 0.25) is 5.91 Å². The van der Waals surface area contributed by atoms with Gasteiger partial charge >= 0.3 is 0 Å². The zero-order valence-corrected chi connectivity index (χ0v) is 38.1. The molecule has 324 valence electrons. The van der Waals surface area contributed by atoms with Gasteiger partial charge in [0.1, 0.15) is 21.7 Å². The fraction of sp³-hybridized carbons (Fsp3) is 0.590. The number of nitrogens with one attached hydrogen (secondary N) is 1. The molecule has 0 unspecified atom stereocenters. The van der Waals surface area contributed by atoms with Gasteiger partial charge in [0.15, 0.2) is 0 Å². The Balaban J connectivity index is 1.43. The first-order valence-electron chi connectivity index (χ1n) is 19.2. The molecule has 0 fully saturated rings. The second kappa shape index (κ2) is 36.4. The van der Waals surface area contributed by atoms with Gasteiger partial charge in [0.05, 0.1) is 105 Å². The first kappa shape index (κ1) is 51.1. The SMILES string of the molecule is CCCNC(=O)COCCOCC(COCCOCCSSc1ccccn1)(COCCOCCSSc1ccccn1)COCCOCCSSc1ccccn1. The average molecular weight is 919 g/mol. The molecule has 19 heteroatoms. The van der Waals surface area contributed by atoms with Crippen LogP contribution in [-0.2, 0) is 42.7 Å². The summed E-state index contributed by atoms with van der Waals surface area (Å²) in [6.45, 7) is 8.86. The number of ether oxygens (including phenoxy) is 8. The van der Waals surface area contributed by atoms with Crippen LogP contribution in [0.4, 0.5) is 0 Å². The third kappa shape index (κ3) is 27.5. The highest BCUT2D eigenvalue weighted by Crippen LogP contribution is 2.30. The normalized spacial score (nSPS) is 11.6. The number of aromatic nitrogens is 3. The highest BCUT2D eigenvalue weighted by Gasteiger charge is 2.32. The molecule has 3 aromatic heterocycles. The number of pyridine rings is 3. The molecule has 0 aliphatic carbocycles. The van der Waals surface area contributed by atoms with Gasteiger partial charge in [-0.3, -0.25) is 4.79 Å². The Morgan fingerprint density at radius 1 is 0.517 bits per heavy atom. The highest BCUT2D eigenvalue weighted by molar-refractivity contribution is 8.77. The largest absolute Gasteiger partial charge is 0.378 e. The van der Waals surface area contributed by atoms with Crippen LogP contribution in [0.15, 0.2) is 88.3 Å². The molecule has 58 heavy (non-hydrogen) atoms. The topological polar surface area (TPSA) is 142 Å². The summed E-state index contributed by atoms with van der Waals surface area (Å²) in [6.07, 6.45) is 6.25. The van der Waals surface area contributed by atoms with Gasteiger partial charge in [-0.2, -0.15) is 0 Å². The van der Waals surface area contributed by atoms with E-state index in [0.717, 1.165) is 38.8 Å². The Bertz CT molecular complexity index is 1250. The first-order chi connectivity index (χ1) is 28.7. The highest BCUT2D eigenvalue weighted by atomic mass is 33.1. The van der Waals surface area contributed by atoms with E-state index in [1.54, 1.807) is 83.4 Å². The Labute approximate surface area is 368 Å². The van der Waals surface area contributed by atoms with Gasteiger partial charge in [0.25, 0.3) is 0 Å². The standard InChI is InChI=1S/C39H58N4O9S6/c1-2-12-40-35(44)30-48-19-23-52-34-39(31-49-20-16-45-24-27-53-56-36-9-3-6-13-41-36,32-50-21-17-46-25-28-54-57-37-10-4-7-14-42-37)33-51-22-18-47-26-29-55-58-38-11-5-8-15-43-38/h3-11,13-15H,2,12,16-34H2,1H3,(H,40,44). The van der Waals surface area contributed by atoms with Crippen LogP contribution in [0.2, 0.25) is 0 Å². The fourth-order valence-electron chi connectivity index (χ4n) is 4.44. The molecule has 1 N–H and O–H groups in total. The lowest BCUT2D eigenvalue weighted by Crippen LogP contribution is -2.43. The van der Waals surface area contributed by atoms with E-state index in [2.05, 4.69) is 20.3 Å². The number of hydrogen-bond acceptors (Lipinski definition) is 18. The molecule has 0 saturated heterocycles. The van der Waals surface area contributed by atoms with Crippen LogP contribution in [0.1, 0.15) is 13.3 Å². The first-order valence-corrected chi connectivity index (χ1v) is 26.1. The van der Waals surface area contributed by atoms with Gasteiger partial charge in [-0.05, 0) is 75.2 Å². The van der Waals surface area contributed by atoms with Gasteiger partial charge < -0.3 is 43.2 Å². The Morgan fingerprint density at radius 3 is 1.22 bits per heavy atom. The Hall–Kier alpha value is -1.30. The maximum atomic E-state index is 11.9. The minimum Gasteiger partial charge on any atom is -0.378 e. The lowest BCUT2D eigenvalue weighted by molar-refractivity contribution is -0.129. The zero-order valence-electron chi connectivity index (χ0n) is 33.2. The molecule has 0 radical (unpaired) electrons. The van der Waals surface area contributed by atoms with Crippen molar-refractivity contribution in [3.8, 4) is 0 Å². The molecule has 0 aromatic carbocycles. The summed E-state index contributed by atoms with van der Waals surface area (Å²) in [6, 6.07) is 17.6. The predicted molar refractivity (Wildman–Crippen MR) is 240 cm³/mol.